The molecule has 6 nitrogen and oxygen atoms in total. The van der Waals surface area contributed by atoms with Crippen molar-refractivity contribution in [2.24, 2.45) is 16.1 Å². The second kappa shape index (κ2) is 6.44. The van der Waals surface area contributed by atoms with E-state index in [1.807, 2.05) is 42.5 Å². The molecule has 1 aliphatic heterocycles. The van der Waals surface area contributed by atoms with Gasteiger partial charge in [0.05, 0.1) is 19.1 Å². The number of nitrogens with zero attached hydrogens (tertiary/aromatic N) is 2. The molecule has 2 unspecified atom stereocenters. The van der Waals surface area contributed by atoms with E-state index in [2.05, 4.69) is 4.99 Å². The molecule has 1 aliphatic carbocycles. The zero-order chi connectivity index (χ0) is 18.9. The predicted octanol–water partition coefficient (Wildman–Crippen LogP) is 2.12. The number of esters is 1. The molecule has 2 N–H and O–H groups in total. The Hall–Kier alpha value is -2.89. The van der Waals surface area contributed by atoms with Crippen molar-refractivity contribution < 1.29 is 14.3 Å². The number of aliphatic imine (C=N–C) groups is 1. The van der Waals surface area contributed by atoms with Crippen molar-refractivity contribution in [3.8, 4) is 0 Å². The number of ether oxygens (including phenoxy) is 1. The van der Waals surface area contributed by atoms with E-state index in [9.17, 15) is 9.59 Å². The van der Waals surface area contributed by atoms with Gasteiger partial charge in [0.15, 0.2) is 5.96 Å². The minimum atomic E-state index is -1.11. The van der Waals surface area contributed by atoms with Crippen LogP contribution in [0, 0.1) is 5.41 Å². The van der Waals surface area contributed by atoms with Crippen molar-refractivity contribution in [3.63, 3.8) is 0 Å². The summed E-state index contributed by atoms with van der Waals surface area (Å²) >= 11 is 0. The number of carbonyl (C=O) groups excluding carboxylic acids is 2. The molecule has 0 spiro atoms. The van der Waals surface area contributed by atoms with E-state index in [4.69, 9.17) is 10.5 Å². The van der Waals surface area contributed by atoms with Crippen LogP contribution in [-0.2, 0) is 14.3 Å². The van der Waals surface area contributed by atoms with E-state index >= 15 is 0 Å². The number of carbonyl (C=O) groups is 2. The Balaban J connectivity index is 2.10. The molecule has 6 heteroatoms. The summed E-state index contributed by atoms with van der Waals surface area (Å²) in [5.41, 5.74) is 5.83. The van der Waals surface area contributed by atoms with E-state index < -0.39 is 16.9 Å². The maximum absolute atomic E-state index is 12.9. The minimum absolute atomic E-state index is 0.0751. The maximum atomic E-state index is 12.9. The third kappa shape index (κ3) is 2.71. The summed E-state index contributed by atoms with van der Waals surface area (Å²) < 4.78 is 5.14. The summed E-state index contributed by atoms with van der Waals surface area (Å²) in [4.78, 5) is 31.2. The van der Waals surface area contributed by atoms with E-state index in [0.29, 0.717) is 6.42 Å². The van der Waals surface area contributed by atoms with Crippen molar-refractivity contribution in [3.05, 3.63) is 54.1 Å². The first kappa shape index (κ1) is 17.9. The molecular weight excluding hydrogens is 330 g/mol. The van der Waals surface area contributed by atoms with Crippen molar-refractivity contribution in [1.29, 1.82) is 0 Å². The smallest absolute Gasteiger partial charge is 0.318 e. The average molecular weight is 353 g/mol. The summed E-state index contributed by atoms with van der Waals surface area (Å²) in [5.74, 6) is -0.490. The molecule has 0 fully saturated rings. The zero-order valence-corrected chi connectivity index (χ0v) is 15.2. The van der Waals surface area contributed by atoms with Crippen LogP contribution in [0.15, 0.2) is 53.6 Å². The van der Waals surface area contributed by atoms with Crippen LogP contribution in [0.4, 0.5) is 0 Å². The highest BCUT2D eigenvalue weighted by molar-refractivity contribution is 6.00. The van der Waals surface area contributed by atoms with E-state index in [0.717, 1.165) is 11.1 Å². The van der Waals surface area contributed by atoms with Crippen LogP contribution in [0.25, 0.3) is 5.57 Å². The normalized spacial score (nSPS) is 28.4. The quantitative estimate of drug-likeness (QED) is 0.844. The molecule has 1 heterocycles. The van der Waals surface area contributed by atoms with Crippen molar-refractivity contribution in [1.82, 2.24) is 4.90 Å². The van der Waals surface area contributed by atoms with Crippen LogP contribution >= 0.6 is 0 Å². The summed E-state index contributed by atoms with van der Waals surface area (Å²) in [5, 5.41) is 0. The van der Waals surface area contributed by atoms with E-state index in [1.165, 1.54) is 12.0 Å². The molecule has 136 valence electrons. The standard InChI is InChI=1S/C20H23N3O3/c1-19(13-16(24)23(2)18(21)22-19)20(17(25)26-3)11-7-10-15(12-20)14-8-5-4-6-9-14/h4-11H,12-13H2,1-3H3,(H2,21,22). The van der Waals surface area contributed by atoms with Crippen LogP contribution in [0.1, 0.15) is 25.3 Å². The summed E-state index contributed by atoms with van der Waals surface area (Å²) in [6.07, 6.45) is 6.06. The number of amides is 1. The number of guanidine groups is 1. The van der Waals surface area contributed by atoms with Crippen molar-refractivity contribution in [2.75, 3.05) is 14.2 Å². The first-order valence-electron chi connectivity index (χ1n) is 8.47. The zero-order valence-electron chi connectivity index (χ0n) is 15.2. The first-order valence-corrected chi connectivity index (χ1v) is 8.47. The predicted molar refractivity (Wildman–Crippen MR) is 100 cm³/mol. The highest BCUT2D eigenvalue weighted by Gasteiger charge is 2.57. The summed E-state index contributed by atoms with van der Waals surface area (Å²) in [7, 11) is 2.93. The maximum Gasteiger partial charge on any atom is 0.318 e. The molecule has 3 rings (SSSR count). The lowest BCUT2D eigenvalue weighted by Crippen LogP contribution is -2.58. The molecule has 0 saturated heterocycles. The number of benzene rings is 1. The van der Waals surface area contributed by atoms with Gasteiger partial charge in [-0.15, -0.1) is 0 Å². The van der Waals surface area contributed by atoms with Crippen LogP contribution in [-0.4, -0.2) is 42.4 Å². The monoisotopic (exact) mass is 353 g/mol. The molecule has 26 heavy (non-hydrogen) atoms. The van der Waals surface area contributed by atoms with Gasteiger partial charge in [-0.05, 0) is 24.5 Å². The molecular formula is C20H23N3O3. The minimum Gasteiger partial charge on any atom is -0.468 e. The Labute approximate surface area is 153 Å². The fourth-order valence-corrected chi connectivity index (χ4v) is 3.68. The highest BCUT2D eigenvalue weighted by atomic mass is 16.5. The van der Waals surface area contributed by atoms with Gasteiger partial charge in [-0.2, -0.15) is 0 Å². The molecule has 2 atom stereocenters. The lowest BCUT2D eigenvalue weighted by atomic mass is 9.62. The topological polar surface area (TPSA) is 85.0 Å². The van der Waals surface area contributed by atoms with Gasteiger partial charge in [0.1, 0.15) is 5.41 Å². The molecule has 1 aromatic carbocycles. The number of methoxy groups -OCH3 is 1. The number of allylic oxidation sites excluding steroid dienone is 3. The summed E-state index contributed by atoms with van der Waals surface area (Å²) in [6, 6.07) is 9.83. The average Bonchev–Trinajstić information content (AvgIpc) is 2.66. The summed E-state index contributed by atoms with van der Waals surface area (Å²) in [6.45, 7) is 1.79. The fraction of sp³-hybridized carbons (Fsp3) is 0.350. The molecule has 0 saturated carbocycles. The van der Waals surface area contributed by atoms with Crippen LogP contribution in [0.5, 0.6) is 0 Å². The molecule has 0 bridgehead atoms. The van der Waals surface area contributed by atoms with Crippen molar-refractivity contribution in [2.45, 2.75) is 25.3 Å². The number of nitrogens with two attached hydrogens (primary N) is 1. The molecule has 0 aromatic heterocycles. The third-order valence-electron chi connectivity index (χ3n) is 5.38. The lowest BCUT2D eigenvalue weighted by Gasteiger charge is -2.46. The van der Waals surface area contributed by atoms with Gasteiger partial charge < -0.3 is 10.5 Å². The fourth-order valence-electron chi connectivity index (χ4n) is 3.68. The van der Waals surface area contributed by atoms with Gasteiger partial charge in [0.2, 0.25) is 5.91 Å². The Morgan fingerprint density at radius 3 is 2.58 bits per heavy atom. The van der Waals surface area contributed by atoms with Gasteiger partial charge in [-0.1, -0.05) is 48.6 Å². The second-order valence-electron chi connectivity index (χ2n) is 6.93. The molecule has 2 aliphatic rings. The third-order valence-corrected chi connectivity index (χ3v) is 5.38. The second-order valence-corrected chi connectivity index (χ2v) is 6.93. The number of hydrogen-bond donors (Lipinski definition) is 1. The Kier molecular flexibility index (Phi) is 4.44. The van der Waals surface area contributed by atoms with Gasteiger partial charge in [-0.25, -0.2) is 4.99 Å². The van der Waals surface area contributed by atoms with Gasteiger partial charge in [0, 0.05) is 7.05 Å². The van der Waals surface area contributed by atoms with Gasteiger partial charge in [-0.3, -0.25) is 14.5 Å². The lowest BCUT2D eigenvalue weighted by molar-refractivity contribution is -0.154. The highest BCUT2D eigenvalue weighted by Crippen LogP contribution is 2.49. The SMILES string of the molecule is COC(=O)C1(C2(C)CC(=O)N(C)C(N)=N2)C=CC=C(c2ccccc2)C1. The van der Waals surface area contributed by atoms with Crippen LogP contribution < -0.4 is 5.73 Å². The van der Waals surface area contributed by atoms with Crippen molar-refractivity contribution >= 4 is 23.4 Å². The first-order chi connectivity index (χ1) is 12.3. The van der Waals surface area contributed by atoms with E-state index in [1.54, 1.807) is 20.0 Å². The number of rotatable bonds is 3. The molecule has 1 amide bonds. The van der Waals surface area contributed by atoms with Gasteiger partial charge >= 0.3 is 5.97 Å². The molecule has 0 radical (unpaired) electrons. The Bertz CT molecular complexity index is 828. The number of hydrogen-bond acceptors (Lipinski definition) is 5. The van der Waals surface area contributed by atoms with Crippen LogP contribution in [0.2, 0.25) is 0 Å². The Morgan fingerprint density at radius 1 is 1.27 bits per heavy atom. The Morgan fingerprint density at radius 2 is 1.96 bits per heavy atom. The van der Waals surface area contributed by atoms with Crippen LogP contribution in [0.3, 0.4) is 0 Å². The largest absolute Gasteiger partial charge is 0.468 e. The molecule has 1 aromatic rings. The van der Waals surface area contributed by atoms with E-state index in [-0.39, 0.29) is 18.3 Å². The van der Waals surface area contributed by atoms with Gasteiger partial charge in [0.25, 0.3) is 0 Å².